The lowest BCUT2D eigenvalue weighted by molar-refractivity contribution is 0.499. The van der Waals surface area contributed by atoms with Crippen LogP contribution in [0.5, 0.6) is 0 Å². The Labute approximate surface area is 111 Å². The molecular formula is C13H15ClN2S. The summed E-state index contributed by atoms with van der Waals surface area (Å²) in [5, 5.41) is 3.54. The van der Waals surface area contributed by atoms with Gasteiger partial charge in [0.15, 0.2) is 0 Å². The fourth-order valence-electron chi connectivity index (χ4n) is 1.75. The highest BCUT2D eigenvalue weighted by Crippen LogP contribution is 2.28. The van der Waals surface area contributed by atoms with E-state index in [-0.39, 0.29) is 6.04 Å². The average molecular weight is 267 g/mol. The first-order chi connectivity index (χ1) is 8.16. The van der Waals surface area contributed by atoms with E-state index < -0.39 is 0 Å². The maximum absolute atomic E-state index is 5.94. The number of halogens is 1. The molecule has 0 amide bonds. The van der Waals surface area contributed by atoms with E-state index in [1.54, 1.807) is 17.5 Å². The Morgan fingerprint density at radius 3 is 2.65 bits per heavy atom. The largest absolute Gasteiger partial charge is 0.303 e. The van der Waals surface area contributed by atoms with Crippen LogP contribution in [0.3, 0.4) is 0 Å². The van der Waals surface area contributed by atoms with E-state index in [2.05, 4.69) is 36.3 Å². The fourth-order valence-corrected chi connectivity index (χ4v) is 2.82. The van der Waals surface area contributed by atoms with E-state index >= 15 is 0 Å². The number of hydrogen-bond donors (Lipinski definition) is 1. The summed E-state index contributed by atoms with van der Waals surface area (Å²) < 4.78 is 0.836. The quantitative estimate of drug-likeness (QED) is 0.897. The maximum atomic E-state index is 5.94. The van der Waals surface area contributed by atoms with Gasteiger partial charge >= 0.3 is 0 Å². The van der Waals surface area contributed by atoms with Crippen LogP contribution in [-0.4, -0.2) is 4.98 Å². The Kier molecular flexibility index (Phi) is 4.15. The van der Waals surface area contributed by atoms with Gasteiger partial charge in [-0.2, -0.15) is 0 Å². The molecule has 0 aliphatic heterocycles. The molecule has 0 bridgehead atoms. The topological polar surface area (TPSA) is 24.9 Å². The molecule has 17 heavy (non-hydrogen) atoms. The molecule has 2 aromatic heterocycles. The van der Waals surface area contributed by atoms with Crippen LogP contribution < -0.4 is 5.32 Å². The lowest BCUT2D eigenvalue weighted by atomic mass is 10.1. The molecule has 0 aliphatic rings. The van der Waals surface area contributed by atoms with Crippen molar-refractivity contribution in [2.24, 2.45) is 0 Å². The molecule has 0 saturated heterocycles. The van der Waals surface area contributed by atoms with Gasteiger partial charge in [-0.05, 0) is 37.6 Å². The van der Waals surface area contributed by atoms with E-state index in [0.29, 0.717) is 6.04 Å². The number of nitrogens with one attached hydrogen (secondary N) is 1. The zero-order valence-corrected chi connectivity index (χ0v) is 11.4. The van der Waals surface area contributed by atoms with Gasteiger partial charge in [0.1, 0.15) is 0 Å². The van der Waals surface area contributed by atoms with Crippen molar-refractivity contribution in [1.82, 2.24) is 10.3 Å². The fraction of sp³-hybridized carbons (Fsp3) is 0.308. The van der Waals surface area contributed by atoms with Crippen LogP contribution in [-0.2, 0) is 0 Å². The normalized spacial score (nSPS) is 14.5. The molecule has 0 fully saturated rings. The van der Waals surface area contributed by atoms with Crippen molar-refractivity contribution in [3.63, 3.8) is 0 Å². The van der Waals surface area contributed by atoms with Crippen molar-refractivity contribution < 1.29 is 0 Å². The summed E-state index contributed by atoms with van der Waals surface area (Å²) in [6.45, 7) is 4.29. The second-order valence-electron chi connectivity index (χ2n) is 4.04. The number of hydrogen-bond acceptors (Lipinski definition) is 3. The van der Waals surface area contributed by atoms with Crippen molar-refractivity contribution >= 4 is 22.9 Å². The average Bonchev–Trinajstić information content (AvgIpc) is 2.77. The summed E-state index contributed by atoms with van der Waals surface area (Å²) >= 11 is 7.56. The summed E-state index contributed by atoms with van der Waals surface area (Å²) in [6.07, 6.45) is 3.68. The van der Waals surface area contributed by atoms with Crippen molar-refractivity contribution in [3.8, 4) is 0 Å². The van der Waals surface area contributed by atoms with Gasteiger partial charge in [0.25, 0.3) is 0 Å². The summed E-state index contributed by atoms with van der Waals surface area (Å²) in [4.78, 5) is 5.39. The third-order valence-electron chi connectivity index (χ3n) is 2.71. The van der Waals surface area contributed by atoms with E-state index in [1.807, 2.05) is 18.3 Å². The van der Waals surface area contributed by atoms with Gasteiger partial charge in [0.2, 0.25) is 0 Å². The summed E-state index contributed by atoms with van der Waals surface area (Å²) in [5.41, 5.74) is 1.20. The zero-order valence-electron chi connectivity index (χ0n) is 9.85. The van der Waals surface area contributed by atoms with Gasteiger partial charge in [-0.1, -0.05) is 17.7 Å². The Bertz CT molecular complexity index is 469. The van der Waals surface area contributed by atoms with Crippen LogP contribution in [0.4, 0.5) is 0 Å². The zero-order chi connectivity index (χ0) is 12.3. The Hall–Kier alpha value is -0.900. The highest BCUT2D eigenvalue weighted by molar-refractivity contribution is 7.16. The molecule has 2 aromatic rings. The van der Waals surface area contributed by atoms with Crippen molar-refractivity contribution in [2.75, 3.05) is 0 Å². The molecule has 0 aromatic carbocycles. The van der Waals surface area contributed by atoms with Gasteiger partial charge in [0.05, 0.1) is 4.34 Å². The van der Waals surface area contributed by atoms with Crippen molar-refractivity contribution in [2.45, 2.75) is 25.9 Å². The predicted molar refractivity (Wildman–Crippen MR) is 73.5 cm³/mol. The lowest BCUT2D eigenvalue weighted by Crippen LogP contribution is -2.21. The number of pyridine rings is 1. The third kappa shape index (κ3) is 3.28. The molecule has 0 spiro atoms. The summed E-state index contributed by atoms with van der Waals surface area (Å²) in [5.74, 6) is 0. The number of thiophene rings is 1. The molecule has 0 radical (unpaired) electrons. The van der Waals surface area contributed by atoms with Crippen LogP contribution in [0, 0.1) is 0 Å². The Balaban J connectivity index is 2.02. The van der Waals surface area contributed by atoms with Crippen molar-refractivity contribution in [3.05, 3.63) is 51.4 Å². The first kappa shape index (κ1) is 12.6. The van der Waals surface area contributed by atoms with Gasteiger partial charge in [0, 0.05) is 29.4 Å². The Morgan fingerprint density at radius 1 is 1.24 bits per heavy atom. The first-order valence-electron chi connectivity index (χ1n) is 5.58. The van der Waals surface area contributed by atoms with Crippen LogP contribution in [0.15, 0.2) is 36.7 Å². The van der Waals surface area contributed by atoms with Crippen LogP contribution >= 0.6 is 22.9 Å². The smallest absolute Gasteiger partial charge is 0.0931 e. The minimum atomic E-state index is 0.277. The highest BCUT2D eigenvalue weighted by atomic mass is 35.5. The van der Waals surface area contributed by atoms with Crippen molar-refractivity contribution in [1.29, 1.82) is 0 Å². The second kappa shape index (κ2) is 5.63. The minimum Gasteiger partial charge on any atom is -0.303 e. The molecule has 1 N–H and O–H groups in total. The van der Waals surface area contributed by atoms with Gasteiger partial charge in [-0.15, -0.1) is 11.3 Å². The van der Waals surface area contributed by atoms with Crippen LogP contribution in [0.2, 0.25) is 4.34 Å². The Morgan fingerprint density at radius 2 is 2.06 bits per heavy atom. The number of rotatable bonds is 4. The molecular weight excluding hydrogens is 252 g/mol. The van der Waals surface area contributed by atoms with Gasteiger partial charge in [-0.3, -0.25) is 4.98 Å². The van der Waals surface area contributed by atoms with Gasteiger partial charge in [-0.25, -0.2) is 0 Å². The SMILES string of the molecule is CC(N[C@@H](C)c1cccnc1)c1ccc(Cl)s1. The van der Waals surface area contributed by atoms with E-state index in [4.69, 9.17) is 11.6 Å². The predicted octanol–water partition coefficient (Wildman–Crippen LogP) is 4.21. The number of aromatic nitrogens is 1. The lowest BCUT2D eigenvalue weighted by Gasteiger charge is -2.19. The maximum Gasteiger partial charge on any atom is 0.0931 e. The standard InChI is InChI=1S/C13H15ClN2S/c1-9(11-4-3-7-15-8-11)16-10(2)12-5-6-13(14)17-12/h3-10,16H,1-2H3/t9-,10?/m0/s1. The molecule has 2 rings (SSSR count). The molecule has 90 valence electrons. The summed E-state index contributed by atoms with van der Waals surface area (Å²) in [7, 11) is 0. The summed E-state index contributed by atoms with van der Waals surface area (Å²) in [6, 6.07) is 8.62. The number of nitrogens with zero attached hydrogens (tertiary/aromatic N) is 1. The molecule has 2 heterocycles. The monoisotopic (exact) mass is 266 g/mol. The highest BCUT2D eigenvalue weighted by Gasteiger charge is 2.12. The van der Waals surface area contributed by atoms with Crippen LogP contribution in [0.25, 0.3) is 0 Å². The second-order valence-corrected chi connectivity index (χ2v) is 5.78. The first-order valence-corrected chi connectivity index (χ1v) is 6.77. The molecule has 1 unspecified atom stereocenters. The van der Waals surface area contributed by atoms with Gasteiger partial charge < -0.3 is 5.32 Å². The van der Waals surface area contributed by atoms with Crippen LogP contribution in [0.1, 0.15) is 36.4 Å². The molecule has 0 saturated carbocycles. The van der Waals surface area contributed by atoms with E-state index in [1.165, 1.54) is 10.4 Å². The molecule has 2 atom stereocenters. The minimum absolute atomic E-state index is 0.277. The third-order valence-corrected chi connectivity index (χ3v) is 4.12. The van der Waals surface area contributed by atoms with E-state index in [0.717, 1.165) is 4.34 Å². The molecule has 0 aliphatic carbocycles. The van der Waals surface area contributed by atoms with E-state index in [9.17, 15) is 0 Å². The molecule has 2 nitrogen and oxygen atoms in total. The molecule has 4 heteroatoms.